The van der Waals surface area contributed by atoms with Crippen LogP contribution in [-0.4, -0.2) is 4.21 Å². The maximum atomic E-state index is 3.53. The van der Waals surface area contributed by atoms with Crippen LogP contribution in [0.4, 0.5) is 0 Å². The van der Waals surface area contributed by atoms with E-state index in [0.717, 1.165) is 6.42 Å². The predicted molar refractivity (Wildman–Crippen MR) is 226 cm³/mol. The average Bonchev–Trinajstić information content (AvgIpc) is 3.69. The molecule has 0 N–H and O–H groups in total. The number of rotatable bonds is 1. The van der Waals surface area contributed by atoms with Gasteiger partial charge in [0.05, 0.1) is 0 Å². The van der Waals surface area contributed by atoms with Gasteiger partial charge in [-0.05, 0) is 17.4 Å². The molecule has 0 saturated heterocycles. The van der Waals surface area contributed by atoms with Crippen molar-refractivity contribution in [1.29, 1.82) is 0 Å². The molecule has 2 aliphatic carbocycles. The fraction of sp³-hybridized carbons (Fsp3) is 0.396. The number of hydrogen-bond donors (Lipinski definition) is 0. The Morgan fingerprint density at radius 1 is 0.667 bits per heavy atom. The van der Waals surface area contributed by atoms with E-state index in [4.69, 9.17) is 0 Å². The summed E-state index contributed by atoms with van der Waals surface area (Å²) in [6, 6.07) is 36.7. The SMILES string of the molecule is CC(C)(C)c1c[c-]c2c(c1)-c1cc(C(C)(C)C)ccc1C2.CC(C)C1[C-]=CC(C(C)(C)C)=C1.Cc1cc[c-]cc1.Cc1cc[c-]cc1.Cl.Cl.[CH2]=[Zr]. The minimum atomic E-state index is 0. The molecule has 0 fully saturated rings. The fourth-order valence-corrected chi connectivity index (χ4v) is 5.25. The number of aryl methyl sites for hydroxylation is 2. The molecule has 0 amide bonds. The van der Waals surface area contributed by atoms with Gasteiger partial charge < -0.3 is 0 Å². The quantitative estimate of drug-likeness (QED) is 0.148. The molecule has 0 saturated carbocycles. The Kier molecular flexibility index (Phi) is 21.0. The molecule has 276 valence electrons. The van der Waals surface area contributed by atoms with Crippen LogP contribution in [0.5, 0.6) is 0 Å². The van der Waals surface area contributed by atoms with E-state index in [-0.39, 0.29) is 41.1 Å². The van der Waals surface area contributed by atoms with Crippen LogP contribution in [0, 0.1) is 55.4 Å². The molecule has 0 aliphatic heterocycles. The van der Waals surface area contributed by atoms with Gasteiger partial charge in [-0.25, -0.2) is 6.08 Å². The van der Waals surface area contributed by atoms with E-state index in [1.54, 1.807) is 0 Å². The molecule has 6 rings (SSSR count). The minimum absolute atomic E-state index is 0. The van der Waals surface area contributed by atoms with E-state index >= 15 is 0 Å². The van der Waals surface area contributed by atoms with Crippen LogP contribution < -0.4 is 0 Å². The summed E-state index contributed by atoms with van der Waals surface area (Å²) in [6.07, 6.45) is 8.93. The van der Waals surface area contributed by atoms with Gasteiger partial charge in [0, 0.05) is 0 Å². The van der Waals surface area contributed by atoms with Crippen LogP contribution >= 0.6 is 24.8 Å². The van der Waals surface area contributed by atoms with Gasteiger partial charge in [0.25, 0.3) is 0 Å². The zero-order chi connectivity index (χ0) is 37.0. The van der Waals surface area contributed by atoms with Crippen LogP contribution in [-0.2, 0) is 41.5 Å². The number of benzene rings is 4. The van der Waals surface area contributed by atoms with Gasteiger partial charge in [0.1, 0.15) is 0 Å². The Hall–Kier alpha value is -2.31. The molecule has 3 heteroatoms. The first-order chi connectivity index (χ1) is 22.9. The molecule has 1 atom stereocenters. The molecule has 2 aliphatic rings. The molecule has 4 aromatic rings. The van der Waals surface area contributed by atoms with Crippen LogP contribution in [0.2, 0.25) is 0 Å². The molecule has 1 unspecified atom stereocenters. The standard InChI is InChI=1S/C21H25.C12H19.2C7H7.CH2.2ClH.Zr/c1-20(2,3)16-9-7-14-11-15-8-10-17(21(4,5)6)13-19(15)18(14)12-16;1-9(2)10-6-7-11(8-10)12(3,4)5;2*1-7-5-3-2-4-6-7;;;;/h7,9-10,12-13H,11H2,1-6H3;7-10H,1-5H3;2*3-6H,1H3;1H2;2*1H;/q4*-1;;;;. The van der Waals surface area contributed by atoms with Crippen molar-refractivity contribution < 1.29 is 24.2 Å². The maximum absolute atomic E-state index is 3.53. The van der Waals surface area contributed by atoms with Crippen LogP contribution in [0.1, 0.15) is 110 Å². The molecule has 0 nitrogen and oxygen atoms in total. The Balaban J connectivity index is 0.000000706. The van der Waals surface area contributed by atoms with Crippen molar-refractivity contribution in [3.63, 3.8) is 0 Å². The van der Waals surface area contributed by atoms with Gasteiger partial charge in [-0.1, -0.05) is 142 Å². The van der Waals surface area contributed by atoms with E-state index in [0.29, 0.717) is 11.8 Å². The summed E-state index contributed by atoms with van der Waals surface area (Å²) in [7, 11) is 0. The van der Waals surface area contributed by atoms with Crippen molar-refractivity contribution in [2.24, 2.45) is 17.3 Å². The average molecular weight is 801 g/mol. The molecule has 0 spiro atoms. The van der Waals surface area contributed by atoms with E-state index < -0.39 is 0 Å². The Bertz CT molecular complexity index is 1540. The van der Waals surface area contributed by atoms with Gasteiger partial charge >= 0.3 is 28.4 Å². The summed E-state index contributed by atoms with van der Waals surface area (Å²) in [5, 5.41) is 0. The topological polar surface area (TPSA) is 0 Å². The summed E-state index contributed by atoms with van der Waals surface area (Å²) in [6.45, 7) is 29.0. The zero-order valence-corrected chi connectivity index (χ0v) is 37.6. The van der Waals surface area contributed by atoms with E-state index in [2.05, 4.69) is 161 Å². The van der Waals surface area contributed by atoms with E-state index in [9.17, 15) is 0 Å². The van der Waals surface area contributed by atoms with E-state index in [1.807, 2.05) is 48.5 Å². The van der Waals surface area contributed by atoms with Gasteiger partial charge in [0.15, 0.2) is 0 Å². The summed E-state index contributed by atoms with van der Waals surface area (Å²) in [5.74, 6) is 1.22. The van der Waals surface area contributed by atoms with Crippen LogP contribution in [0.15, 0.2) is 96.6 Å². The van der Waals surface area contributed by atoms with Crippen molar-refractivity contribution in [3.05, 3.63) is 154 Å². The molecular weight excluding hydrogens is 739 g/mol. The first-order valence-electron chi connectivity index (χ1n) is 17.6. The Morgan fingerprint density at radius 3 is 1.49 bits per heavy atom. The summed E-state index contributed by atoms with van der Waals surface area (Å²) in [4.78, 5) is 0. The molecule has 51 heavy (non-hydrogen) atoms. The van der Waals surface area contributed by atoms with Crippen molar-refractivity contribution in [2.75, 3.05) is 0 Å². The predicted octanol–water partition coefficient (Wildman–Crippen LogP) is 13.7. The van der Waals surface area contributed by atoms with Gasteiger partial charge in [0.2, 0.25) is 0 Å². The van der Waals surface area contributed by atoms with Crippen molar-refractivity contribution in [2.45, 2.75) is 107 Å². The zero-order valence-electron chi connectivity index (χ0n) is 33.5. The van der Waals surface area contributed by atoms with E-state index in [1.165, 1.54) is 74.3 Å². The van der Waals surface area contributed by atoms with Crippen molar-refractivity contribution >= 4 is 29.0 Å². The second-order valence-corrected chi connectivity index (χ2v) is 16.4. The molecule has 0 aromatic heterocycles. The van der Waals surface area contributed by atoms with Gasteiger partial charge in [-0.3, -0.25) is 6.08 Å². The monoisotopic (exact) mass is 798 g/mol. The second-order valence-electron chi connectivity index (χ2n) is 16.4. The third-order valence-corrected chi connectivity index (χ3v) is 8.67. The normalized spacial score (nSPS) is 13.7. The van der Waals surface area contributed by atoms with Gasteiger partial charge in [-0.2, -0.15) is 113 Å². The molecule has 0 radical (unpaired) electrons. The Morgan fingerprint density at radius 2 is 1.14 bits per heavy atom. The third-order valence-electron chi connectivity index (χ3n) is 8.67. The molecule has 0 bridgehead atoms. The Labute approximate surface area is 340 Å². The summed E-state index contributed by atoms with van der Waals surface area (Å²) in [5.41, 5.74) is 13.1. The number of fused-ring (bicyclic) bond motifs is 3. The third kappa shape index (κ3) is 16.1. The summed E-state index contributed by atoms with van der Waals surface area (Å²) >= 11 is 1.30. The van der Waals surface area contributed by atoms with Crippen LogP contribution in [0.25, 0.3) is 11.1 Å². The fourth-order valence-electron chi connectivity index (χ4n) is 5.25. The van der Waals surface area contributed by atoms with Crippen molar-refractivity contribution in [3.8, 4) is 11.1 Å². The molecule has 4 aromatic carbocycles. The summed E-state index contributed by atoms with van der Waals surface area (Å²) < 4.78 is 3.34. The van der Waals surface area contributed by atoms with Gasteiger partial charge in [-0.15, -0.1) is 30.4 Å². The molecule has 0 heterocycles. The van der Waals surface area contributed by atoms with Crippen molar-refractivity contribution in [1.82, 2.24) is 0 Å². The molecular formula is C48H62Cl2Zr-4. The number of halogens is 2. The van der Waals surface area contributed by atoms with Crippen LogP contribution in [0.3, 0.4) is 0 Å². The first-order valence-corrected chi connectivity index (χ1v) is 19.3. The first kappa shape index (κ1) is 48.7. The number of allylic oxidation sites excluding steroid dienone is 4. The second kappa shape index (κ2) is 22.0. The number of hydrogen-bond acceptors (Lipinski definition) is 0.